The minimum Gasteiger partial charge on any atom is -0.289 e. The van der Waals surface area contributed by atoms with Gasteiger partial charge in [-0.3, -0.25) is 4.79 Å². The van der Waals surface area contributed by atoms with Gasteiger partial charge in [0.15, 0.2) is 5.78 Å². The second-order valence-electron chi connectivity index (χ2n) is 12.8. The summed E-state index contributed by atoms with van der Waals surface area (Å²) in [6.07, 6.45) is 0. The maximum Gasteiger partial charge on any atom is 0.193 e. The highest BCUT2D eigenvalue weighted by Gasteiger charge is 2.36. The van der Waals surface area contributed by atoms with E-state index in [4.69, 9.17) is 4.98 Å². The standard InChI is InChI=1S/C45H33NO/c1-45(2)40-22-10-9-21-38(40)44(47)39-24-23-36(27-41(39)45)34-19-11-17-32(25-34)33-18-12-20-35(26-33)37-28-42(30-13-5-3-6-14-30)46-43(29-37)31-15-7-4-8-16-31/h3-29H,1-2H3. The topological polar surface area (TPSA) is 30.0 Å². The first-order valence-electron chi connectivity index (χ1n) is 16.1. The highest BCUT2D eigenvalue weighted by atomic mass is 16.1. The van der Waals surface area contributed by atoms with Crippen molar-refractivity contribution in [3.63, 3.8) is 0 Å². The van der Waals surface area contributed by atoms with Crippen molar-refractivity contribution in [3.05, 3.63) is 186 Å². The van der Waals surface area contributed by atoms with Crippen LogP contribution in [0.15, 0.2) is 164 Å². The number of carbonyl (C=O) groups is 1. The fourth-order valence-electron chi connectivity index (χ4n) is 6.92. The monoisotopic (exact) mass is 603 g/mol. The molecule has 1 heterocycles. The summed E-state index contributed by atoms with van der Waals surface area (Å²) >= 11 is 0. The summed E-state index contributed by atoms with van der Waals surface area (Å²) in [7, 11) is 0. The van der Waals surface area contributed by atoms with Gasteiger partial charge in [-0.2, -0.15) is 0 Å². The second kappa shape index (κ2) is 11.5. The lowest BCUT2D eigenvalue weighted by Crippen LogP contribution is -2.30. The van der Waals surface area contributed by atoms with Gasteiger partial charge in [0, 0.05) is 27.7 Å². The Hall–Kier alpha value is -5.86. The van der Waals surface area contributed by atoms with E-state index in [9.17, 15) is 4.79 Å². The van der Waals surface area contributed by atoms with Gasteiger partial charge in [-0.05, 0) is 74.8 Å². The lowest BCUT2D eigenvalue weighted by atomic mass is 9.68. The number of rotatable bonds is 5. The average molecular weight is 604 g/mol. The molecular formula is C45H33NO. The molecule has 7 aromatic rings. The fraction of sp³-hybridized carbons (Fsp3) is 0.0667. The Bertz CT molecular complexity index is 2220. The summed E-state index contributed by atoms with van der Waals surface area (Å²) in [6, 6.07) is 56.9. The smallest absolute Gasteiger partial charge is 0.193 e. The maximum atomic E-state index is 13.4. The van der Waals surface area contributed by atoms with Crippen LogP contribution in [0.2, 0.25) is 0 Å². The molecule has 0 aliphatic heterocycles. The molecule has 0 saturated heterocycles. The van der Waals surface area contributed by atoms with E-state index in [1.807, 2.05) is 36.4 Å². The molecule has 6 aromatic carbocycles. The van der Waals surface area contributed by atoms with Gasteiger partial charge in [0.1, 0.15) is 0 Å². The number of hydrogen-bond donors (Lipinski definition) is 0. The summed E-state index contributed by atoms with van der Waals surface area (Å²) in [5, 5.41) is 0. The Balaban J connectivity index is 1.18. The largest absolute Gasteiger partial charge is 0.289 e. The third-order valence-corrected chi connectivity index (χ3v) is 9.47. The molecule has 0 bridgehead atoms. The van der Waals surface area contributed by atoms with Crippen LogP contribution in [0.5, 0.6) is 0 Å². The number of nitrogens with zero attached hydrogens (tertiary/aromatic N) is 1. The molecular weight excluding hydrogens is 571 g/mol. The third kappa shape index (κ3) is 5.18. The minimum atomic E-state index is -0.274. The fourth-order valence-corrected chi connectivity index (χ4v) is 6.92. The SMILES string of the molecule is CC1(C)c2ccccc2C(=O)c2ccc(-c3cccc(-c4cccc(-c5cc(-c6ccccc6)nc(-c6ccccc6)c5)c4)c3)cc21. The Morgan fingerprint density at radius 1 is 0.383 bits per heavy atom. The van der Waals surface area contributed by atoms with E-state index in [1.54, 1.807) is 0 Å². The molecule has 8 rings (SSSR count). The molecule has 2 heteroatoms. The van der Waals surface area contributed by atoms with Gasteiger partial charge in [0.25, 0.3) is 0 Å². The first-order valence-corrected chi connectivity index (χ1v) is 16.1. The minimum absolute atomic E-state index is 0.106. The molecule has 0 amide bonds. The molecule has 47 heavy (non-hydrogen) atoms. The molecule has 1 aromatic heterocycles. The van der Waals surface area contributed by atoms with Crippen molar-refractivity contribution in [1.29, 1.82) is 0 Å². The van der Waals surface area contributed by atoms with Crippen LogP contribution < -0.4 is 0 Å². The lowest BCUT2D eigenvalue weighted by molar-refractivity contribution is 0.103. The van der Waals surface area contributed by atoms with Crippen LogP contribution >= 0.6 is 0 Å². The van der Waals surface area contributed by atoms with E-state index < -0.39 is 0 Å². The van der Waals surface area contributed by atoms with Crippen molar-refractivity contribution < 1.29 is 4.79 Å². The number of pyridine rings is 1. The van der Waals surface area contributed by atoms with Crippen molar-refractivity contribution in [1.82, 2.24) is 4.98 Å². The third-order valence-electron chi connectivity index (χ3n) is 9.47. The van der Waals surface area contributed by atoms with Crippen LogP contribution in [0.3, 0.4) is 0 Å². The molecule has 0 atom stereocenters. The van der Waals surface area contributed by atoms with Crippen LogP contribution in [0.1, 0.15) is 40.9 Å². The second-order valence-corrected chi connectivity index (χ2v) is 12.8. The first-order chi connectivity index (χ1) is 23.0. The zero-order valence-electron chi connectivity index (χ0n) is 26.4. The van der Waals surface area contributed by atoms with Gasteiger partial charge in [-0.1, -0.05) is 147 Å². The van der Waals surface area contributed by atoms with E-state index in [0.29, 0.717) is 0 Å². The molecule has 0 unspecified atom stereocenters. The number of fused-ring (bicyclic) bond motifs is 2. The van der Waals surface area contributed by atoms with Crippen LogP contribution in [0, 0.1) is 0 Å². The average Bonchev–Trinajstić information content (AvgIpc) is 3.14. The molecule has 1 aliphatic carbocycles. The number of aromatic nitrogens is 1. The molecule has 1 aliphatic rings. The molecule has 0 saturated carbocycles. The molecule has 224 valence electrons. The number of carbonyl (C=O) groups excluding carboxylic acids is 1. The predicted molar refractivity (Wildman–Crippen MR) is 193 cm³/mol. The van der Waals surface area contributed by atoms with Crippen LogP contribution in [0.4, 0.5) is 0 Å². The molecule has 0 fully saturated rings. The lowest BCUT2D eigenvalue weighted by Gasteiger charge is -2.34. The van der Waals surface area contributed by atoms with Crippen LogP contribution in [-0.2, 0) is 5.41 Å². The zero-order valence-corrected chi connectivity index (χ0v) is 26.4. The Morgan fingerprint density at radius 2 is 0.830 bits per heavy atom. The van der Waals surface area contributed by atoms with E-state index in [2.05, 4.69) is 141 Å². The first kappa shape index (κ1) is 28.6. The van der Waals surface area contributed by atoms with E-state index in [0.717, 1.165) is 78.1 Å². The van der Waals surface area contributed by atoms with E-state index >= 15 is 0 Å². The van der Waals surface area contributed by atoms with E-state index in [1.165, 1.54) is 0 Å². The molecule has 2 nitrogen and oxygen atoms in total. The highest BCUT2D eigenvalue weighted by molar-refractivity contribution is 6.13. The van der Waals surface area contributed by atoms with Gasteiger partial charge < -0.3 is 0 Å². The van der Waals surface area contributed by atoms with Gasteiger partial charge in [0.05, 0.1) is 11.4 Å². The van der Waals surface area contributed by atoms with Crippen molar-refractivity contribution >= 4 is 5.78 Å². The van der Waals surface area contributed by atoms with Crippen molar-refractivity contribution in [2.24, 2.45) is 0 Å². The summed E-state index contributed by atoms with van der Waals surface area (Å²) < 4.78 is 0. The van der Waals surface area contributed by atoms with Crippen molar-refractivity contribution in [3.8, 4) is 55.9 Å². The van der Waals surface area contributed by atoms with Crippen LogP contribution in [0.25, 0.3) is 55.9 Å². The van der Waals surface area contributed by atoms with E-state index in [-0.39, 0.29) is 11.2 Å². The highest BCUT2D eigenvalue weighted by Crippen LogP contribution is 2.43. The van der Waals surface area contributed by atoms with Crippen LogP contribution in [-0.4, -0.2) is 10.8 Å². The van der Waals surface area contributed by atoms with Gasteiger partial charge in [0.2, 0.25) is 0 Å². The maximum absolute atomic E-state index is 13.4. The Kier molecular flexibility index (Phi) is 7.00. The molecule has 0 N–H and O–H groups in total. The normalized spacial score (nSPS) is 13.1. The van der Waals surface area contributed by atoms with Gasteiger partial charge in [-0.25, -0.2) is 4.98 Å². The van der Waals surface area contributed by atoms with Gasteiger partial charge >= 0.3 is 0 Å². The predicted octanol–water partition coefficient (Wildman–Crippen LogP) is 11.3. The summed E-state index contributed by atoms with van der Waals surface area (Å²) in [5.74, 6) is 0.106. The quantitative estimate of drug-likeness (QED) is 0.196. The number of ketones is 1. The Morgan fingerprint density at radius 3 is 1.40 bits per heavy atom. The molecule has 0 spiro atoms. The number of hydrogen-bond acceptors (Lipinski definition) is 2. The summed E-state index contributed by atoms with van der Waals surface area (Å²) in [5.41, 5.74) is 14.3. The zero-order chi connectivity index (χ0) is 32.0. The van der Waals surface area contributed by atoms with Gasteiger partial charge in [-0.15, -0.1) is 0 Å². The summed E-state index contributed by atoms with van der Waals surface area (Å²) in [6.45, 7) is 4.43. The number of benzene rings is 6. The summed E-state index contributed by atoms with van der Waals surface area (Å²) in [4.78, 5) is 18.5. The van der Waals surface area contributed by atoms with Crippen molar-refractivity contribution in [2.75, 3.05) is 0 Å². The van der Waals surface area contributed by atoms with Crippen molar-refractivity contribution in [2.45, 2.75) is 19.3 Å². The molecule has 0 radical (unpaired) electrons. The Labute approximate surface area is 276 Å².